The Hall–Kier alpha value is -1.64. The lowest BCUT2D eigenvalue weighted by Gasteiger charge is -2.02. The minimum Gasteiger partial charge on any atom is -0.269 e. The number of halogens is 1. The standard InChI is InChI=1S/C14H15FN2/c1-9-8-11(5-6-12(9)15)14-10(2)13-4-3-7-17(13)16-14/h5-6,8H,3-4,7H2,1-2H3. The molecule has 0 fully saturated rings. The molecule has 17 heavy (non-hydrogen) atoms. The molecule has 0 unspecified atom stereocenters. The molecule has 0 amide bonds. The van der Waals surface area contributed by atoms with Gasteiger partial charge in [-0.15, -0.1) is 0 Å². The first-order valence-corrected chi connectivity index (χ1v) is 5.99. The first-order chi connectivity index (χ1) is 8.16. The fraction of sp³-hybridized carbons (Fsp3) is 0.357. The molecule has 0 spiro atoms. The maximum atomic E-state index is 13.3. The van der Waals surface area contributed by atoms with Crippen molar-refractivity contribution in [2.24, 2.45) is 0 Å². The number of benzene rings is 1. The number of aromatic nitrogens is 2. The van der Waals surface area contributed by atoms with E-state index < -0.39 is 0 Å². The highest BCUT2D eigenvalue weighted by Gasteiger charge is 2.19. The molecule has 1 aromatic heterocycles. The van der Waals surface area contributed by atoms with Crippen molar-refractivity contribution in [1.29, 1.82) is 0 Å². The zero-order valence-electron chi connectivity index (χ0n) is 10.1. The third-order valence-corrected chi connectivity index (χ3v) is 3.54. The average molecular weight is 230 g/mol. The Kier molecular flexibility index (Phi) is 2.28. The Labute approximate surface area is 100 Å². The van der Waals surface area contributed by atoms with Crippen LogP contribution in [-0.4, -0.2) is 9.78 Å². The summed E-state index contributed by atoms with van der Waals surface area (Å²) < 4.78 is 15.3. The number of fused-ring (bicyclic) bond motifs is 1. The third kappa shape index (κ3) is 1.57. The Morgan fingerprint density at radius 2 is 2.12 bits per heavy atom. The lowest BCUT2D eigenvalue weighted by molar-refractivity contribution is 0.618. The number of hydrogen-bond donors (Lipinski definition) is 0. The lowest BCUT2D eigenvalue weighted by atomic mass is 10.0. The summed E-state index contributed by atoms with van der Waals surface area (Å²) in [5.74, 6) is -0.154. The van der Waals surface area contributed by atoms with Gasteiger partial charge in [0.25, 0.3) is 0 Å². The van der Waals surface area contributed by atoms with Crippen LogP contribution in [0.25, 0.3) is 11.3 Å². The van der Waals surface area contributed by atoms with Gasteiger partial charge in [-0.25, -0.2) is 4.39 Å². The van der Waals surface area contributed by atoms with Gasteiger partial charge in [0.1, 0.15) is 5.82 Å². The Morgan fingerprint density at radius 3 is 2.82 bits per heavy atom. The maximum absolute atomic E-state index is 13.3. The van der Waals surface area contributed by atoms with E-state index in [9.17, 15) is 4.39 Å². The van der Waals surface area contributed by atoms with Gasteiger partial charge in [0, 0.05) is 17.8 Å². The molecule has 0 saturated heterocycles. The van der Waals surface area contributed by atoms with E-state index in [1.54, 1.807) is 6.92 Å². The molecule has 3 heteroatoms. The first kappa shape index (κ1) is 10.5. The van der Waals surface area contributed by atoms with Crippen molar-refractivity contribution in [3.8, 4) is 11.3 Å². The van der Waals surface area contributed by atoms with Gasteiger partial charge in [-0.05, 0) is 56.0 Å². The fourth-order valence-electron chi connectivity index (χ4n) is 2.55. The predicted molar refractivity (Wildman–Crippen MR) is 65.4 cm³/mol. The van der Waals surface area contributed by atoms with Gasteiger partial charge in [0.2, 0.25) is 0 Å². The lowest BCUT2D eigenvalue weighted by Crippen LogP contribution is -1.94. The molecule has 2 nitrogen and oxygen atoms in total. The molecule has 2 aromatic rings. The summed E-state index contributed by atoms with van der Waals surface area (Å²) in [4.78, 5) is 0. The van der Waals surface area contributed by atoms with Crippen LogP contribution in [0.1, 0.15) is 23.2 Å². The summed E-state index contributed by atoms with van der Waals surface area (Å²) in [6, 6.07) is 5.21. The highest BCUT2D eigenvalue weighted by molar-refractivity contribution is 5.64. The number of nitrogens with zero attached hydrogens (tertiary/aromatic N) is 2. The Balaban J connectivity index is 2.12. The Bertz CT molecular complexity index is 584. The van der Waals surface area contributed by atoms with Crippen molar-refractivity contribution in [1.82, 2.24) is 9.78 Å². The summed E-state index contributed by atoms with van der Waals surface area (Å²) in [5, 5.41) is 4.63. The minimum atomic E-state index is -0.154. The molecule has 0 N–H and O–H groups in total. The highest BCUT2D eigenvalue weighted by Crippen LogP contribution is 2.29. The molecule has 0 saturated carbocycles. The second-order valence-electron chi connectivity index (χ2n) is 4.71. The quantitative estimate of drug-likeness (QED) is 0.735. The second kappa shape index (κ2) is 3.69. The van der Waals surface area contributed by atoms with Crippen molar-refractivity contribution in [3.63, 3.8) is 0 Å². The van der Waals surface area contributed by atoms with Crippen LogP contribution in [0, 0.1) is 19.7 Å². The van der Waals surface area contributed by atoms with E-state index in [1.165, 1.54) is 23.7 Å². The summed E-state index contributed by atoms with van der Waals surface area (Å²) in [6.45, 7) is 4.91. The smallest absolute Gasteiger partial charge is 0.126 e. The summed E-state index contributed by atoms with van der Waals surface area (Å²) in [6.07, 6.45) is 2.30. The van der Waals surface area contributed by atoms with Crippen molar-refractivity contribution >= 4 is 0 Å². The SMILES string of the molecule is Cc1cc(-c2nn3c(c2C)CCC3)ccc1F. The van der Waals surface area contributed by atoms with Crippen molar-refractivity contribution < 1.29 is 4.39 Å². The number of aryl methyl sites for hydroxylation is 2. The van der Waals surface area contributed by atoms with Crippen LogP contribution in [-0.2, 0) is 13.0 Å². The van der Waals surface area contributed by atoms with Crippen molar-refractivity contribution in [2.45, 2.75) is 33.2 Å². The Morgan fingerprint density at radius 1 is 1.29 bits per heavy atom. The minimum absolute atomic E-state index is 0.154. The molecular formula is C14H15FN2. The summed E-state index contributed by atoms with van der Waals surface area (Å²) in [5.41, 5.74) is 5.27. The summed E-state index contributed by atoms with van der Waals surface area (Å²) in [7, 11) is 0. The van der Waals surface area contributed by atoms with E-state index in [0.717, 1.165) is 24.2 Å². The normalized spacial score (nSPS) is 14.1. The molecule has 2 heterocycles. The van der Waals surface area contributed by atoms with E-state index in [1.807, 2.05) is 12.1 Å². The molecule has 0 atom stereocenters. The van der Waals surface area contributed by atoms with E-state index in [0.29, 0.717) is 5.56 Å². The molecule has 3 rings (SSSR count). The van der Waals surface area contributed by atoms with Crippen LogP contribution in [0.5, 0.6) is 0 Å². The van der Waals surface area contributed by atoms with Gasteiger partial charge >= 0.3 is 0 Å². The van der Waals surface area contributed by atoms with Crippen LogP contribution in [0.4, 0.5) is 4.39 Å². The van der Waals surface area contributed by atoms with Gasteiger partial charge in [-0.3, -0.25) is 4.68 Å². The van der Waals surface area contributed by atoms with E-state index in [-0.39, 0.29) is 5.82 Å². The van der Waals surface area contributed by atoms with E-state index >= 15 is 0 Å². The van der Waals surface area contributed by atoms with Gasteiger partial charge in [-0.2, -0.15) is 5.10 Å². The molecular weight excluding hydrogens is 215 g/mol. The largest absolute Gasteiger partial charge is 0.269 e. The third-order valence-electron chi connectivity index (χ3n) is 3.54. The topological polar surface area (TPSA) is 17.8 Å². The molecule has 0 aliphatic carbocycles. The van der Waals surface area contributed by atoms with E-state index in [2.05, 4.69) is 16.7 Å². The number of rotatable bonds is 1. The zero-order valence-corrected chi connectivity index (χ0v) is 10.1. The number of hydrogen-bond acceptors (Lipinski definition) is 1. The molecule has 0 bridgehead atoms. The molecule has 88 valence electrons. The van der Waals surface area contributed by atoms with E-state index in [4.69, 9.17) is 0 Å². The van der Waals surface area contributed by atoms with Crippen molar-refractivity contribution in [2.75, 3.05) is 0 Å². The highest BCUT2D eigenvalue weighted by atomic mass is 19.1. The van der Waals surface area contributed by atoms with Gasteiger partial charge in [-0.1, -0.05) is 0 Å². The monoisotopic (exact) mass is 230 g/mol. The summed E-state index contributed by atoms with van der Waals surface area (Å²) >= 11 is 0. The fourth-order valence-corrected chi connectivity index (χ4v) is 2.55. The first-order valence-electron chi connectivity index (χ1n) is 5.99. The van der Waals surface area contributed by atoms with Crippen LogP contribution in [0.2, 0.25) is 0 Å². The van der Waals surface area contributed by atoms with Gasteiger partial charge in [0.15, 0.2) is 0 Å². The molecule has 1 aliphatic heterocycles. The molecule has 0 radical (unpaired) electrons. The molecule has 1 aliphatic rings. The van der Waals surface area contributed by atoms with Crippen molar-refractivity contribution in [3.05, 3.63) is 40.8 Å². The van der Waals surface area contributed by atoms with Gasteiger partial charge < -0.3 is 0 Å². The maximum Gasteiger partial charge on any atom is 0.126 e. The van der Waals surface area contributed by atoms with Crippen LogP contribution >= 0.6 is 0 Å². The van der Waals surface area contributed by atoms with Gasteiger partial charge in [0.05, 0.1) is 5.69 Å². The second-order valence-corrected chi connectivity index (χ2v) is 4.71. The predicted octanol–water partition coefficient (Wildman–Crippen LogP) is 3.25. The zero-order chi connectivity index (χ0) is 12.0. The average Bonchev–Trinajstić information content (AvgIpc) is 2.86. The molecule has 1 aromatic carbocycles. The van der Waals surface area contributed by atoms with Crippen LogP contribution in [0.3, 0.4) is 0 Å². The van der Waals surface area contributed by atoms with Crippen LogP contribution < -0.4 is 0 Å². The van der Waals surface area contributed by atoms with Crippen LogP contribution in [0.15, 0.2) is 18.2 Å².